The van der Waals surface area contributed by atoms with E-state index in [0.29, 0.717) is 0 Å². The molecule has 106 valence electrons. The molecule has 0 radical (unpaired) electrons. The molecule has 1 aliphatic carbocycles. The predicted octanol–water partition coefficient (Wildman–Crippen LogP) is 5.33. The summed E-state index contributed by atoms with van der Waals surface area (Å²) in [4.78, 5) is 0. The van der Waals surface area contributed by atoms with Crippen LogP contribution in [0.4, 0.5) is 0 Å². The van der Waals surface area contributed by atoms with E-state index in [-0.39, 0.29) is 0 Å². The Morgan fingerprint density at radius 3 is 1.61 bits per heavy atom. The summed E-state index contributed by atoms with van der Waals surface area (Å²) < 4.78 is 5.76. The first-order valence-electron chi connectivity index (χ1n) is 8.54. The van der Waals surface area contributed by atoms with Crippen LogP contribution in [0, 0.1) is 11.8 Å². The molecular formula is C17H32O. The zero-order valence-electron chi connectivity index (χ0n) is 12.2. The van der Waals surface area contributed by atoms with Crippen molar-refractivity contribution in [2.24, 2.45) is 11.8 Å². The van der Waals surface area contributed by atoms with Crippen molar-refractivity contribution in [2.45, 2.75) is 83.5 Å². The molecule has 18 heavy (non-hydrogen) atoms. The van der Waals surface area contributed by atoms with E-state index in [2.05, 4.69) is 0 Å². The third-order valence-electron chi connectivity index (χ3n) is 5.06. The lowest BCUT2D eigenvalue weighted by atomic mass is 9.80. The molecule has 1 atom stereocenters. The monoisotopic (exact) mass is 252 g/mol. The van der Waals surface area contributed by atoms with Gasteiger partial charge in [0.2, 0.25) is 0 Å². The van der Waals surface area contributed by atoms with Gasteiger partial charge in [-0.3, -0.25) is 0 Å². The van der Waals surface area contributed by atoms with Crippen molar-refractivity contribution in [1.82, 2.24) is 0 Å². The van der Waals surface area contributed by atoms with Crippen molar-refractivity contribution in [3.8, 4) is 0 Å². The van der Waals surface area contributed by atoms with E-state index in [1.54, 1.807) is 0 Å². The van der Waals surface area contributed by atoms with E-state index in [1.807, 2.05) is 0 Å². The molecule has 0 spiro atoms. The second-order valence-electron chi connectivity index (χ2n) is 6.47. The van der Waals surface area contributed by atoms with Crippen LogP contribution in [-0.4, -0.2) is 13.2 Å². The summed E-state index contributed by atoms with van der Waals surface area (Å²) in [6, 6.07) is 0. The maximum Gasteiger partial charge on any atom is 0.0468 e. The van der Waals surface area contributed by atoms with Gasteiger partial charge in [0.25, 0.3) is 0 Å². The molecule has 2 aliphatic rings. The molecule has 1 nitrogen and oxygen atoms in total. The summed E-state index contributed by atoms with van der Waals surface area (Å²) in [6.07, 6.45) is 18.9. The molecule has 0 N–H and O–H groups in total. The Balaban J connectivity index is 1.83. The highest BCUT2D eigenvalue weighted by Crippen LogP contribution is 2.33. The lowest BCUT2D eigenvalue weighted by Gasteiger charge is -2.26. The van der Waals surface area contributed by atoms with Crippen LogP contribution < -0.4 is 0 Å². The van der Waals surface area contributed by atoms with Crippen LogP contribution in [-0.2, 0) is 4.74 Å². The highest BCUT2D eigenvalue weighted by molar-refractivity contribution is 4.73. The average molecular weight is 252 g/mol. The Labute approximate surface area is 114 Å². The van der Waals surface area contributed by atoms with Gasteiger partial charge >= 0.3 is 0 Å². The van der Waals surface area contributed by atoms with Gasteiger partial charge in [-0.05, 0) is 24.7 Å². The summed E-state index contributed by atoms with van der Waals surface area (Å²) in [6.45, 7) is 2.04. The lowest BCUT2D eigenvalue weighted by Crippen LogP contribution is -2.17. The maximum absolute atomic E-state index is 5.76. The minimum atomic E-state index is 0.973. The molecule has 1 aliphatic heterocycles. The highest BCUT2D eigenvalue weighted by Gasteiger charge is 2.21. The van der Waals surface area contributed by atoms with Crippen molar-refractivity contribution >= 4 is 0 Å². The first kappa shape index (κ1) is 14.4. The predicted molar refractivity (Wildman–Crippen MR) is 77.8 cm³/mol. The van der Waals surface area contributed by atoms with Gasteiger partial charge in [0, 0.05) is 13.2 Å². The molecule has 0 aromatic rings. The van der Waals surface area contributed by atoms with Crippen molar-refractivity contribution in [3.63, 3.8) is 0 Å². The third-order valence-corrected chi connectivity index (χ3v) is 5.06. The fourth-order valence-corrected chi connectivity index (χ4v) is 3.88. The summed E-state index contributed by atoms with van der Waals surface area (Å²) in [7, 11) is 0. The van der Waals surface area contributed by atoms with Crippen molar-refractivity contribution < 1.29 is 4.74 Å². The first-order valence-corrected chi connectivity index (χ1v) is 8.54. The zero-order valence-corrected chi connectivity index (χ0v) is 12.2. The van der Waals surface area contributed by atoms with Crippen LogP contribution in [0.15, 0.2) is 0 Å². The van der Waals surface area contributed by atoms with E-state index < -0.39 is 0 Å². The van der Waals surface area contributed by atoms with Gasteiger partial charge in [-0.1, -0.05) is 70.6 Å². The molecule has 0 aromatic carbocycles. The Hall–Kier alpha value is -0.0400. The smallest absolute Gasteiger partial charge is 0.0468 e. The normalized spacial score (nSPS) is 30.3. The van der Waals surface area contributed by atoms with Crippen molar-refractivity contribution in [2.75, 3.05) is 13.2 Å². The van der Waals surface area contributed by atoms with Gasteiger partial charge < -0.3 is 4.74 Å². The number of hydrogen-bond acceptors (Lipinski definition) is 1. The number of hydrogen-bond donors (Lipinski definition) is 0. The molecule has 2 rings (SSSR count). The fraction of sp³-hybridized carbons (Fsp3) is 1.00. The van der Waals surface area contributed by atoms with E-state index in [0.717, 1.165) is 25.0 Å². The molecule has 1 heterocycles. The molecule has 0 bridgehead atoms. The zero-order chi connectivity index (χ0) is 12.5. The topological polar surface area (TPSA) is 9.23 Å². The van der Waals surface area contributed by atoms with Gasteiger partial charge in [-0.2, -0.15) is 0 Å². The van der Waals surface area contributed by atoms with E-state index in [1.165, 1.54) is 83.5 Å². The van der Waals surface area contributed by atoms with Gasteiger partial charge in [0.05, 0.1) is 0 Å². The standard InChI is InChI=1S/C17H32O/c1-2-4-7-11-16(10-6-3-1)17-12-8-5-9-14-18-15-13-17/h16-17H,1-15H2. The van der Waals surface area contributed by atoms with Gasteiger partial charge in [-0.15, -0.1) is 0 Å². The quantitative estimate of drug-likeness (QED) is 0.612. The average Bonchev–Trinajstić information content (AvgIpc) is 2.61. The molecule has 2 fully saturated rings. The highest BCUT2D eigenvalue weighted by atomic mass is 16.5. The van der Waals surface area contributed by atoms with Crippen LogP contribution in [0.1, 0.15) is 83.5 Å². The minimum Gasteiger partial charge on any atom is -0.381 e. The second kappa shape index (κ2) is 8.96. The molecule has 1 saturated heterocycles. The summed E-state index contributed by atoms with van der Waals surface area (Å²) >= 11 is 0. The summed E-state index contributed by atoms with van der Waals surface area (Å²) in [5.41, 5.74) is 0. The molecular weight excluding hydrogens is 220 g/mol. The van der Waals surface area contributed by atoms with E-state index >= 15 is 0 Å². The molecule has 1 heteroatoms. The van der Waals surface area contributed by atoms with Crippen LogP contribution in [0.3, 0.4) is 0 Å². The Kier molecular flexibility index (Phi) is 7.15. The van der Waals surface area contributed by atoms with Gasteiger partial charge in [0.1, 0.15) is 0 Å². The van der Waals surface area contributed by atoms with E-state index in [4.69, 9.17) is 4.74 Å². The first-order chi connectivity index (χ1) is 8.97. The molecule has 0 aromatic heterocycles. The number of ether oxygens (including phenoxy) is 1. The Morgan fingerprint density at radius 2 is 0.944 bits per heavy atom. The van der Waals surface area contributed by atoms with Crippen LogP contribution in [0.2, 0.25) is 0 Å². The Morgan fingerprint density at radius 1 is 0.444 bits per heavy atom. The SMILES string of the molecule is C1CCCCC(C2CCCCCOCC2)CCC1. The van der Waals surface area contributed by atoms with Crippen molar-refractivity contribution in [1.29, 1.82) is 0 Å². The van der Waals surface area contributed by atoms with Crippen molar-refractivity contribution in [3.05, 3.63) is 0 Å². The lowest BCUT2D eigenvalue weighted by molar-refractivity contribution is 0.110. The van der Waals surface area contributed by atoms with Crippen LogP contribution in [0.25, 0.3) is 0 Å². The summed E-state index contributed by atoms with van der Waals surface area (Å²) in [5, 5.41) is 0. The molecule has 1 saturated carbocycles. The number of rotatable bonds is 1. The second-order valence-corrected chi connectivity index (χ2v) is 6.47. The molecule has 1 unspecified atom stereocenters. The van der Waals surface area contributed by atoms with Crippen LogP contribution >= 0.6 is 0 Å². The van der Waals surface area contributed by atoms with Crippen LogP contribution in [0.5, 0.6) is 0 Å². The maximum atomic E-state index is 5.76. The van der Waals surface area contributed by atoms with Gasteiger partial charge in [0.15, 0.2) is 0 Å². The third kappa shape index (κ3) is 5.30. The summed E-state index contributed by atoms with van der Waals surface area (Å²) in [5.74, 6) is 1.99. The fourth-order valence-electron chi connectivity index (χ4n) is 3.88. The largest absolute Gasteiger partial charge is 0.381 e. The minimum absolute atomic E-state index is 0.973. The Bertz CT molecular complexity index is 160. The van der Waals surface area contributed by atoms with E-state index in [9.17, 15) is 0 Å². The molecule has 0 amide bonds. The van der Waals surface area contributed by atoms with Gasteiger partial charge in [-0.25, -0.2) is 0 Å².